The number of imidazole rings is 1. The SMILES string of the molecule is CS(=O)(=O)NCCCCCC(=O)NCCNc1nc(N)c2ncn([C@@H]3O[C@H](C[C@@H](N)CC[C@H](N)C(=O)O)[C@@H](O)[C@H]3O)c2n1. The van der Waals surface area contributed by atoms with E-state index >= 15 is 0 Å². The van der Waals surface area contributed by atoms with Gasteiger partial charge in [-0.15, -0.1) is 0 Å². The number of nitrogens with two attached hydrogens (primary N) is 3. The van der Waals surface area contributed by atoms with E-state index in [1.807, 2.05) is 0 Å². The summed E-state index contributed by atoms with van der Waals surface area (Å²) in [7, 11) is -3.21. The number of aliphatic hydroxyl groups excluding tert-OH is 2. The zero-order valence-corrected chi connectivity index (χ0v) is 24.7. The second-order valence-electron chi connectivity index (χ2n) is 10.6. The molecule has 0 radical (unpaired) electrons. The van der Waals surface area contributed by atoms with Crippen LogP contribution in [-0.2, 0) is 24.3 Å². The van der Waals surface area contributed by atoms with Crippen LogP contribution >= 0.6 is 0 Å². The molecule has 0 aromatic carbocycles. The van der Waals surface area contributed by atoms with E-state index in [2.05, 4.69) is 30.3 Å². The van der Waals surface area contributed by atoms with Crippen molar-refractivity contribution < 1.29 is 38.1 Å². The summed E-state index contributed by atoms with van der Waals surface area (Å²) in [5.41, 5.74) is 18.2. The molecule has 1 amide bonds. The van der Waals surface area contributed by atoms with Crippen LogP contribution in [-0.4, -0.2) is 111 Å². The average Bonchev–Trinajstić information content (AvgIpc) is 3.47. The molecule has 1 saturated heterocycles. The third-order valence-electron chi connectivity index (χ3n) is 6.94. The summed E-state index contributed by atoms with van der Waals surface area (Å²) in [4.78, 5) is 35.8. The molecule has 1 aliphatic rings. The third kappa shape index (κ3) is 10.2. The second-order valence-corrected chi connectivity index (χ2v) is 12.4. The van der Waals surface area contributed by atoms with Crippen molar-refractivity contribution in [3.05, 3.63) is 6.33 Å². The van der Waals surface area contributed by atoms with Crippen LogP contribution in [0.3, 0.4) is 0 Å². The minimum Gasteiger partial charge on any atom is -0.480 e. The van der Waals surface area contributed by atoms with Gasteiger partial charge in [0.25, 0.3) is 0 Å². The standard InChI is InChI=1S/C24H42N10O8S/c1-43(40,41)31-8-4-2-3-5-16(35)28-9-10-29-24-32-20(27)17-21(33-24)34(12-30-17)22-19(37)18(36)15(42-22)11-13(25)6-7-14(26)23(38)39/h12-15,18-19,22,31,36-37H,2-11,25-26H2,1H3,(H,28,35)(H,38,39)(H3,27,29,32,33)/t13-,14-,15+,18+,19+,22+/m0/s1. The molecule has 0 saturated carbocycles. The van der Waals surface area contributed by atoms with Gasteiger partial charge < -0.3 is 47.9 Å². The number of carbonyl (C=O) groups excluding carboxylic acids is 1. The Balaban J connectivity index is 1.51. The molecule has 18 nitrogen and oxygen atoms in total. The van der Waals surface area contributed by atoms with Crippen molar-refractivity contribution in [2.24, 2.45) is 11.5 Å². The molecule has 3 rings (SSSR count). The van der Waals surface area contributed by atoms with Gasteiger partial charge in [0.05, 0.1) is 18.7 Å². The molecule has 2 aromatic rings. The first kappa shape index (κ1) is 34.3. The van der Waals surface area contributed by atoms with Crippen molar-refractivity contribution in [3.63, 3.8) is 0 Å². The molecular formula is C24H42N10O8S. The number of carboxylic acids is 1. The fourth-order valence-electron chi connectivity index (χ4n) is 4.60. The van der Waals surface area contributed by atoms with E-state index in [1.165, 1.54) is 10.9 Å². The van der Waals surface area contributed by atoms with Gasteiger partial charge in [-0.1, -0.05) is 6.42 Å². The lowest BCUT2D eigenvalue weighted by Gasteiger charge is -2.20. The number of aromatic nitrogens is 4. The molecular weight excluding hydrogens is 588 g/mol. The molecule has 3 heterocycles. The van der Waals surface area contributed by atoms with Crippen molar-refractivity contribution in [1.82, 2.24) is 29.6 Å². The number of nitrogens with zero attached hydrogens (tertiary/aromatic N) is 4. The molecule has 0 spiro atoms. The van der Waals surface area contributed by atoms with Crippen LogP contribution in [0.1, 0.15) is 51.2 Å². The Kier molecular flexibility index (Phi) is 12.4. The van der Waals surface area contributed by atoms with Crippen LogP contribution in [0, 0.1) is 0 Å². The molecule has 242 valence electrons. The Labute approximate surface area is 248 Å². The van der Waals surface area contributed by atoms with Gasteiger partial charge in [-0.25, -0.2) is 18.1 Å². The molecule has 19 heteroatoms. The first-order valence-corrected chi connectivity index (χ1v) is 15.9. The summed E-state index contributed by atoms with van der Waals surface area (Å²) in [5, 5.41) is 36.1. The van der Waals surface area contributed by atoms with E-state index in [4.69, 9.17) is 27.0 Å². The molecule has 1 fully saturated rings. The maximum absolute atomic E-state index is 12.1. The van der Waals surface area contributed by atoms with E-state index in [-0.39, 0.29) is 54.8 Å². The van der Waals surface area contributed by atoms with E-state index < -0.39 is 52.6 Å². The monoisotopic (exact) mass is 630 g/mol. The number of nitrogen functional groups attached to an aromatic ring is 1. The number of rotatable bonds is 18. The smallest absolute Gasteiger partial charge is 0.320 e. The van der Waals surface area contributed by atoms with Crippen molar-refractivity contribution >= 4 is 44.8 Å². The van der Waals surface area contributed by atoms with E-state index in [0.29, 0.717) is 38.6 Å². The minimum absolute atomic E-state index is 0.0713. The second kappa shape index (κ2) is 15.5. The Hall–Kier alpha value is -3.20. The zero-order valence-electron chi connectivity index (χ0n) is 23.9. The van der Waals surface area contributed by atoms with E-state index in [9.17, 15) is 28.2 Å². The third-order valence-corrected chi connectivity index (χ3v) is 7.66. The lowest BCUT2D eigenvalue weighted by atomic mass is 9.98. The number of hydrogen-bond donors (Lipinski definition) is 9. The predicted octanol–water partition coefficient (Wildman–Crippen LogP) is -2.43. The topological polar surface area (TPSA) is 296 Å². The largest absolute Gasteiger partial charge is 0.480 e. The molecule has 1 aliphatic heterocycles. The summed E-state index contributed by atoms with van der Waals surface area (Å²) < 4.78 is 31.9. The summed E-state index contributed by atoms with van der Waals surface area (Å²) in [6.07, 6.45) is 0.849. The van der Waals surface area contributed by atoms with Crippen LogP contribution in [0.25, 0.3) is 11.2 Å². The fourth-order valence-corrected chi connectivity index (χ4v) is 5.12. The number of fused-ring (bicyclic) bond motifs is 1. The molecule has 6 atom stereocenters. The van der Waals surface area contributed by atoms with Gasteiger partial charge in [-0.2, -0.15) is 9.97 Å². The highest BCUT2D eigenvalue weighted by Gasteiger charge is 2.44. The highest BCUT2D eigenvalue weighted by Crippen LogP contribution is 2.34. The van der Waals surface area contributed by atoms with E-state index in [0.717, 1.165) is 6.26 Å². The lowest BCUT2D eigenvalue weighted by molar-refractivity contribution is -0.138. The number of amides is 1. The van der Waals surface area contributed by atoms with Crippen LogP contribution in [0.5, 0.6) is 0 Å². The van der Waals surface area contributed by atoms with Crippen LogP contribution < -0.4 is 32.6 Å². The van der Waals surface area contributed by atoms with Gasteiger partial charge in [0.2, 0.25) is 21.9 Å². The number of sulfonamides is 1. The molecule has 0 bridgehead atoms. The van der Waals surface area contributed by atoms with E-state index in [1.54, 1.807) is 0 Å². The number of ether oxygens (including phenoxy) is 1. The van der Waals surface area contributed by atoms with Crippen LogP contribution in [0.15, 0.2) is 6.33 Å². The lowest BCUT2D eigenvalue weighted by Crippen LogP contribution is -2.37. The van der Waals surface area contributed by atoms with Crippen LogP contribution in [0.2, 0.25) is 0 Å². The molecule has 0 aliphatic carbocycles. The quantitative estimate of drug-likeness (QED) is 0.0774. The van der Waals surface area contributed by atoms with Crippen molar-refractivity contribution in [2.75, 3.05) is 36.9 Å². The fraction of sp³-hybridized carbons (Fsp3) is 0.708. The van der Waals surface area contributed by atoms with Gasteiger partial charge >= 0.3 is 5.97 Å². The number of carbonyl (C=O) groups is 2. The molecule has 12 N–H and O–H groups in total. The molecule has 43 heavy (non-hydrogen) atoms. The Morgan fingerprint density at radius 1 is 1.09 bits per heavy atom. The van der Waals surface area contributed by atoms with Gasteiger partial charge in [0.15, 0.2) is 17.7 Å². The Morgan fingerprint density at radius 3 is 2.53 bits per heavy atom. The molecule has 0 unspecified atom stereocenters. The molecule has 2 aromatic heterocycles. The summed E-state index contributed by atoms with van der Waals surface area (Å²) in [6.45, 7) is 0.907. The number of aliphatic carboxylic acids is 1. The van der Waals surface area contributed by atoms with Gasteiger partial charge in [-0.3, -0.25) is 14.2 Å². The normalized spacial score (nSPS) is 22.0. The van der Waals surface area contributed by atoms with Gasteiger partial charge in [0, 0.05) is 32.1 Å². The predicted molar refractivity (Wildman–Crippen MR) is 156 cm³/mol. The van der Waals surface area contributed by atoms with Crippen molar-refractivity contribution in [1.29, 1.82) is 0 Å². The Bertz CT molecular complexity index is 1340. The zero-order chi connectivity index (χ0) is 31.7. The first-order chi connectivity index (χ1) is 20.3. The van der Waals surface area contributed by atoms with Gasteiger partial charge in [-0.05, 0) is 32.1 Å². The van der Waals surface area contributed by atoms with Gasteiger partial charge in [0.1, 0.15) is 23.8 Å². The first-order valence-electron chi connectivity index (χ1n) is 14.0. The average molecular weight is 631 g/mol. The number of carboxylic acid groups (broad SMARTS) is 1. The number of hydrogen-bond acceptors (Lipinski definition) is 14. The van der Waals surface area contributed by atoms with Crippen LogP contribution in [0.4, 0.5) is 11.8 Å². The maximum Gasteiger partial charge on any atom is 0.320 e. The number of nitrogens with one attached hydrogen (secondary N) is 3. The number of anilines is 2. The number of aliphatic hydroxyl groups is 2. The highest BCUT2D eigenvalue weighted by molar-refractivity contribution is 7.88. The Morgan fingerprint density at radius 2 is 1.84 bits per heavy atom. The van der Waals surface area contributed by atoms with Crippen molar-refractivity contribution in [2.45, 2.75) is 81.6 Å². The number of unbranched alkanes of at least 4 members (excludes halogenated alkanes) is 2. The highest BCUT2D eigenvalue weighted by atomic mass is 32.2. The summed E-state index contributed by atoms with van der Waals surface area (Å²) in [6, 6.07) is -1.57. The maximum atomic E-state index is 12.1. The summed E-state index contributed by atoms with van der Waals surface area (Å²) in [5.74, 6) is -1.04. The summed E-state index contributed by atoms with van der Waals surface area (Å²) >= 11 is 0. The minimum atomic E-state index is -3.21. The van der Waals surface area contributed by atoms with Crippen molar-refractivity contribution in [3.8, 4) is 0 Å².